The van der Waals surface area contributed by atoms with Crippen LogP contribution in [-0.4, -0.2) is 6.04 Å². The van der Waals surface area contributed by atoms with E-state index in [4.69, 9.17) is 5.73 Å². The first-order valence-corrected chi connectivity index (χ1v) is 5.83. The summed E-state index contributed by atoms with van der Waals surface area (Å²) in [7, 11) is 0. The number of hydrogen-bond donors (Lipinski definition) is 1. The molecule has 2 N–H and O–H groups in total. The summed E-state index contributed by atoms with van der Waals surface area (Å²) in [6, 6.07) is 4.87. The average Bonchev–Trinajstić information content (AvgIpc) is 2.08. The SMILES string of the molecule is Cc1cc(C)c(CCC[C@H](C)N)c(C)c1. The molecule has 15 heavy (non-hydrogen) atoms. The Morgan fingerprint density at radius 1 is 1.13 bits per heavy atom. The van der Waals surface area contributed by atoms with Crippen LogP contribution in [0.2, 0.25) is 0 Å². The summed E-state index contributed by atoms with van der Waals surface area (Å²) in [5.74, 6) is 0. The summed E-state index contributed by atoms with van der Waals surface area (Å²) in [5.41, 5.74) is 11.5. The van der Waals surface area contributed by atoms with Gasteiger partial charge in [-0.25, -0.2) is 0 Å². The molecule has 84 valence electrons. The van der Waals surface area contributed by atoms with Crippen LogP contribution in [0.5, 0.6) is 0 Å². The van der Waals surface area contributed by atoms with Gasteiger partial charge in [0.2, 0.25) is 0 Å². The van der Waals surface area contributed by atoms with E-state index in [1.807, 2.05) is 0 Å². The van der Waals surface area contributed by atoms with Gasteiger partial charge >= 0.3 is 0 Å². The van der Waals surface area contributed by atoms with Crippen molar-refractivity contribution in [1.29, 1.82) is 0 Å². The van der Waals surface area contributed by atoms with Gasteiger partial charge in [0.25, 0.3) is 0 Å². The molecule has 0 heterocycles. The van der Waals surface area contributed by atoms with Crippen molar-refractivity contribution < 1.29 is 0 Å². The van der Waals surface area contributed by atoms with Crippen molar-refractivity contribution in [1.82, 2.24) is 0 Å². The molecule has 1 rings (SSSR count). The monoisotopic (exact) mass is 205 g/mol. The molecule has 0 aliphatic heterocycles. The van der Waals surface area contributed by atoms with Gasteiger partial charge < -0.3 is 5.73 Å². The van der Waals surface area contributed by atoms with E-state index in [1.54, 1.807) is 0 Å². The molecule has 0 radical (unpaired) electrons. The molecule has 0 unspecified atom stereocenters. The smallest absolute Gasteiger partial charge is 0.00105 e. The fourth-order valence-corrected chi connectivity index (χ4v) is 2.21. The van der Waals surface area contributed by atoms with Gasteiger partial charge in [-0.05, 0) is 63.6 Å². The van der Waals surface area contributed by atoms with E-state index < -0.39 is 0 Å². The summed E-state index contributed by atoms with van der Waals surface area (Å²) in [6.07, 6.45) is 3.48. The molecule has 1 aromatic carbocycles. The second-order valence-electron chi connectivity index (χ2n) is 4.75. The maximum atomic E-state index is 5.76. The number of hydrogen-bond acceptors (Lipinski definition) is 1. The summed E-state index contributed by atoms with van der Waals surface area (Å²) in [4.78, 5) is 0. The van der Waals surface area contributed by atoms with Crippen molar-refractivity contribution in [3.63, 3.8) is 0 Å². The molecule has 0 aliphatic carbocycles. The van der Waals surface area contributed by atoms with Crippen molar-refractivity contribution in [3.05, 3.63) is 34.4 Å². The Balaban J connectivity index is 2.68. The third kappa shape index (κ3) is 3.67. The Bertz CT molecular complexity index is 303. The molecule has 0 saturated carbocycles. The topological polar surface area (TPSA) is 26.0 Å². The Labute approximate surface area is 93.7 Å². The standard InChI is InChI=1S/C14H23N/c1-10-8-11(2)14(12(3)9-10)7-5-6-13(4)15/h8-9,13H,5-7,15H2,1-4H3/t13-/m0/s1. The average molecular weight is 205 g/mol. The van der Waals surface area contributed by atoms with Crippen molar-refractivity contribution in [2.45, 2.75) is 53.0 Å². The number of aryl methyl sites for hydroxylation is 3. The van der Waals surface area contributed by atoms with Crippen LogP contribution in [0, 0.1) is 20.8 Å². The van der Waals surface area contributed by atoms with Crippen LogP contribution in [0.1, 0.15) is 42.0 Å². The number of rotatable bonds is 4. The Hall–Kier alpha value is -0.820. The van der Waals surface area contributed by atoms with Crippen LogP contribution < -0.4 is 5.73 Å². The zero-order chi connectivity index (χ0) is 11.4. The zero-order valence-corrected chi connectivity index (χ0v) is 10.4. The highest BCUT2D eigenvalue weighted by Gasteiger charge is 2.04. The minimum Gasteiger partial charge on any atom is -0.328 e. The highest BCUT2D eigenvalue weighted by atomic mass is 14.6. The van der Waals surface area contributed by atoms with Crippen LogP contribution in [0.15, 0.2) is 12.1 Å². The quantitative estimate of drug-likeness (QED) is 0.802. The second-order valence-corrected chi connectivity index (χ2v) is 4.75. The van der Waals surface area contributed by atoms with Crippen LogP contribution in [-0.2, 0) is 6.42 Å². The molecule has 1 atom stereocenters. The van der Waals surface area contributed by atoms with Crippen molar-refractivity contribution in [2.75, 3.05) is 0 Å². The van der Waals surface area contributed by atoms with Gasteiger partial charge in [0.15, 0.2) is 0 Å². The zero-order valence-electron chi connectivity index (χ0n) is 10.4. The van der Waals surface area contributed by atoms with Crippen molar-refractivity contribution >= 4 is 0 Å². The van der Waals surface area contributed by atoms with E-state index in [1.165, 1.54) is 35.1 Å². The van der Waals surface area contributed by atoms with E-state index in [-0.39, 0.29) is 0 Å². The van der Waals surface area contributed by atoms with Gasteiger partial charge in [-0.2, -0.15) is 0 Å². The van der Waals surface area contributed by atoms with E-state index in [2.05, 4.69) is 39.8 Å². The molecule has 0 aromatic heterocycles. The fraction of sp³-hybridized carbons (Fsp3) is 0.571. The van der Waals surface area contributed by atoms with Crippen molar-refractivity contribution in [2.24, 2.45) is 5.73 Å². The van der Waals surface area contributed by atoms with Gasteiger partial charge in [0.1, 0.15) is 0 Å². The molecule has 0 amide bonds. The highest BCUT2D eigenvalue weighted by Crippen LogP contribution is 2.18. The highest BCUT2D eigenvalue weighted by molar-refractivity contribution is 5.37. The summed E-state index contributed by atoms with van der Waals surface area (Å²) in [5, 5.41) is 0. The first-order valence-electron chi connectivity index (χ1n) is 5.83. The van der Waals surface area contributed by atoms with E-state index in [0.29, 0.717) is 6.04 Å². The van der Waals surface area contributed by atoms with E-state index >= 15 is 0 Å². The minimum absolute atomic E-state index is 0.330. The maximum absolute atomic E-state index is 5.76. The molecule has 0 aliphatic rings. The molecule has 0 saturated heterocycles. The Morgan fingerprint density at radius 3 is 2.13 bits per heavy atom. The van der Waals surface area contributed by atoms with Gasteiger partial charge in [0.05, 0.1) is 0 Å². The number of benzene rings is 1. The lowest BCUT2D eigenvalue weighted by atomic mass is 9.95. The van der Waals surface area contributed by atoms with Crippen LogP contribution >= 0.6 is 0 Å². The summed E-state index contributed by atoms with van der Waals surface area (Å²) < 4.78 is 0. The minimum atomic E-state index is 0.330. The predicted octanol–water partition coefficient (Wildman–Crippen LogP) is 3.28. The Morgan fingerprint density at radius 2 is 1.67 bits per heavy atom. The van der Waals surface area contributed by atoms with E-state index in [0.717, 1.165) is 6.42 Å². The molecule has 0 bridgehead atoms. The third-order valence-electron chi connectivity index (χ3n) is 2.93. The fourth-order valence-electron chi connectivity index (χ4n) is 2.21. The van der Waals surface area contributed by atoms with Gasteiger partial charge in [-0.15, -0.1) is 0 Å². The second kappa shape index (κ2) is 5.32. The van der Waals surface area contributed by atoms with E-state index in [9.17, 15) is 0 Å². The number of nitrogens with two attached hydrogens (primary N) is 1. The molecule has 0 fully saturated rings. The van der Waals surface area contributed by atoms with Crippen LogP contribution in [0.4, 0.5) is 0 Å². The predicted molar refractivity (Wildman–Crippen MR) is 67.2 cm³/mol. The largest absolute Gasteiger partial charge is 0.328 e. The van der Waals surface area contributed by atoms with Crippen LogP contribution in [0.25, 0.3) is 0 Å². The molecular weight excluding hydrogens is 182 g/mol. The lowest BCUT2D eigenvalue weighted by Gasteiger charge is -2.12. The van der Waals surface area contributed by atoms with Crippen molar-refractivity contribution in [3.8, 4) is 0 Å². The Kier molecular flexibility index (Phi) is 4.34. The van der Waals surface area contributed by atoms with Gasteiger partial charge in [0, 0.05) is 6.04 Å². The van der Waals surface area contributed by atoms with Crippen LogP contribution in [0.3, 0.4) is 0 Å². The molecule has 1 aromatic rings. The molecule has 1 heteroatoms. The summed E-state index contributed by atoms with van der Waals surface area (Å²) in [6.45, 7) is 8.66. The molecule has 1 nitrogen and oxygen atoms in total. The van der Waals surface area contributed by atoms with Gasteiger partial charge in [-0.1, -0.05) is 17.7 Å². The summed E-state index contributed by atoms with van der Waals surface area (Å²) >= 11 is 0. The van der Waals surface area contributed by atoms with Gasteiger partial charge in [-0.3, -0.25) is 0 Å². The lowest BCUT2D eigenvalue weighted by molar-refractivity contribution is 0.622. The normalized spacial score (nSPS) is 12.9. The molecular formula is C14H23N. The first-order chi connectivity index (χ1) is 7.00. The molecule has 0 spiro atoms. The first kappa shape index (κ1) is 12.3. The maximum Gasteiger partial charge on any atom is 0.00105 e. The lowest BCUT2D eigenvalue weighted by Crippen LogP contribution is -2.14. The third-order valence-corrected chi connectivity index (χ3v) is 2.93.